The number of aliphatic carboxylic acids is 1. The minimum absolute atomic E-state index is 0.0163. The summed E-state index contributed by atoms with van der Waals surface area (Å²) in [6.45, 7) is 0.579. The number of nitrogens with zero attached hydrogens (tertiary/aromatic N) is 3. The number of benzene rings is 2. The molecule has 0 radical (unpaired) electrons. The van der Waals surface area contributed by atoms with Crippen LogP contribution in [0.3, 0.4) is 0 Å². The van der Waals surface area contributed by atoms with Gasteiger partial charge in [0.15, 0.2) is 17.3 Å². The fraction of sp³-hybridized carbons (Fsp3) is 0.292. The summed E-state index contributed by atoms with van der Waals surface area (Å²) in [5, 5.41) is 12.4. The smallest absolute Gasteiger partial charge is 0.490 e. The van der Waals surface area contributed by atoms with Crippen LogP contribution in [-0.4, -0.2) is 55.2 Å². The Bertz CT molecular complexity index is 1220. The zero-order valence-electron chi connectivity index (χ0n) is 20.5. The molecular weight excluding hydrogens is 533 g/mol. The zero-order valence-corrected chi connectivity index (χ0v) is 21.2. The first-order valence-corrected chi connectivity index (χ1v) is 11.3. The van der Waals surface area contributed by atoms with Gasteiger partial charge in [-0.05, 0) is 5.56 Å². The highest BCUT2D eigenvalue weighted by Gasteiger charge is 2.38. The SMILES string of the molecule is COc1cc(Nc2ncc(Cl)c(N3OCCC3c3ccccc3)n2)cc(OC)c1OC.O=C(O)C(F)(F)F. The number of hydroxylamine groups is 1. The molecule has 0 bridgehead atoms. The van der Waals surface area contributed by atoms with Crippen molar-refractivity contribution in [3.8, 4) is 17.2 Å². The summed E-state index contributed by atoms with van der Waals surface area (Å²) in [5.41, 5.74) is 1.80. The van der Waals surface area contributed by atoms with E-state index in [1.807, 2.05) is 18.2 Å². The third kappa shape index (κ3) is 6.86. The van der Waals surface area contributed by atoms with Crippen molar-refractivity contribution in [3.05, 3.63) is 59.2 Å². The number of anilines is 3. The summed E-state index contributed by atoms with van der Waals surface area (Å²) in [7, 11) is 4.68. The van der Waals surface area contributed by atoms with E-state index in [9.17, 15) is 13.2 Å². The van der Waals surface area contributed by atoms with Crippen LogP contribution in [0.5, 0.6) is 17.2 Å². The van der Waals surface area contributed by atoms with Gasteiger partial charge in [-0.3, -0.25) is 4.84 Å². The number of carbonyl (C=O) groups is 1. The molecule has 3 aromatic rings. The summed E-state index contributed by atoms with van der Waals surface area (Å²) in [6, 6.07) is 13.7. The molecule has 0 amide bonds. The van der Waals surface area contributed by atoms with E-state index in [-0.39, 0.29) is 6.04 Å². The summed E-state index contributed by atoms with van der Waals surface area (Å²) < 4.78 is 47.9. The fourth-order valence-corrected chi connectivity index (χ4v) is 3.69. The van der Waals surface area contributed by atoms with Crippen molar-refractivity contribution in [3.63, 3.8) is 0 Å². The lowest BCUT2D eigenvalue weighted by atomic mass is 10.0. The Kier molecular flexibility index (Phi) is 9.42. The maximum absolute atomic E-state index is 10.6. The maximum Gasteiger partial charge on any atom is 0.490 e. The Hall–Kier alpha value is -3.97. The first-order chi connectivity index (χ1) is 18.1. The molecule has 10 nitrogen and oxygen atoms in total. The maximum atomic E-state index is 10.6. The molecule has 1 atom stereocenters. The molecule has 4 rings (SSSR count). The topological polar surface area (TPSA) is 115 Å². The van der Waals surface area contributed by atoms with Gasteiger partial charge in [-0.1, -0.05) is 41.9 Å². The van der Waals surface area contributed by atoms with Crippen LogP contribution in [0.25, 0.3) is 0 Å². The molecule has 1 aromatic heterocycles. The van der Waals surface area contributed by atoms with Gasteiger partial charge in [0.1, 0.15) is 5.02 Å². The van der Waals surface area contributed by atoms with Gasteiger partial charge >= 0.3 is 12.1 Å². The van der Waals surface area contributed by atoms with Crippen molar-refractivity contribution in [1.29, 1.82) is 0 Å². The van der Waals surface area contributed by atoms with E-state index < -0.39 is 12.1 Å². The van der Waals surface area contributed by atoms with Crippen molar-refractivity contribution in [2.75, 3.05) is 38.3 Å². The van der Waals surface area contributed by atoms with Crippen LogP contribution in [0.15, 0.2) is 48.7 Å². The number of carboxylic acid groups (broad SMARTS) is 1. The second-order valence-electron chi connectivity index (χ2n) is 7.58. The van der Waals surface area contributed by atoms with Gasteiger partial charge in [-0.2, -0.15) is 18.2 Å². The van der Waals surface area contributed by atoms with Gasteiger partial charge in [-0.15, -0.1) is 0 Å². The van der Waals surface area contributed by atoms with Gasteiger partial charge in [-0.25, -0.2) is 14.8 Å². The van der Waals surface area contributed by atoms with E-state index >= 15 is 0 Å². The Morgan fingerprint density at radius 1 is 1.13 bits per heavy atom. The first kappa shape index (κ1) is 28.6. The van der Waals surface area contributed by atoms with Crippen LogP contribution < -0.4 is 24.6 Å². The van der Waals surface area contributed by atoms with E-state index in [1.165, 1.54) is 0 Å². The van der Waals surface area contributed by atoms with Crippen molar-refractivity contribution in [2.45, 2.75) is 18.6 Å². The first-order valence-electron chi connectivity index (χ1n) is 11.0. The van der Waals surface area contributed by atoms with Gasteiger partial charge in [0.05, 0.1) is 40.2 Å². The van der Waals surface area contributed by atoms with E-state index in [0.29, 0.717) is 46.3 Å². The summed E-state index contributed by atoms with van der Waals surface area (Å²) in [5.74, 6) is -0.359. The Labute approximate surface area is 220 Å². The van der Waals surface area contributed by atoms with Crippen LogP contribution in [0.2, 0.25) is 5.02 Å². The number of hydrogen-bond acceptors (Lipinski definition) is 9. The number of aromatic nitrogens is 2. The van der Waals surface area contributed by atoms with Crippen molar-refractivity contribution >= 4 is 35.0 Å². The molecule has 14 heteroatoms. The lowest BCUT2D eigenvalue weighted by Gasteiger charge is -2.24. The quantitative estimate of drug-likeness (QED) is 0.391. The van der Waals surface area contributed by atoms with E-state index in [2.05, 4.69) is 27.4 Å². The number of halogens is 4. The molecule has 1 unspecified atom stereocenters. The Morgan fingerprint density at radius 3 is 2.26 bits per heavy atom. The normalized spacial score (nSPS) is 14.8. The highest BCUT2D eigenvalue weighted by Crippen LogP contribution is 2.41. The van der Waals surface area contributed by atoms with Crippen molar-refractivity contribution in [1.82, 2.24) is 9.97 Å². The highest BCUT2D eigenvalue weighted by atomic mass is 35.5. The molecular formula is C24H24ClF3N4O6. The third-order valence-corrected chi connectivity index (χ3v) is 5.45. The molecule has 1 aliphatic rings. The molecule has 2 N–H and O–H groups in total. The lowest BCUT2D eigenvalue weighted by molar-refractivity contribution is -0.192. The van der Waals surface area contributed by atoms with Crippen molar-refractivity contribution < 1.29 is 42.1 Å². The summed E-state index contributed by atoms with van der Waals surface area (Å²) >= 11 is 6.44. The molecule has 0 aliphatic carbocycles. The predicted molar refractivity (Wildman–Crippen MR) is 132 cm³/mol. The second-order valence-corrected chi connectivity index (χ2v) is 7.99. The standard InChI is InChI=1S/C22H23ClN4O4.C2HF3O2/c1-28-18-11-15(12-19(29-2)20(18)30-3)25-22-24-13-16(23)21(26-22)27-17(9-10-31-27)14-7-5-4-6-8-14;3-2(4,5)1(6)7/h4-8,11-13,17H,9-10H2,1-3H3,(H,24,25,26);(H,6,7). The molecule has 1 fully saturated rings. The number of hydrogen-bond donors (Lipinski definition) is 2. The van der Waals surface area contributed by atoms with Gasteiger partial charge in [0.25, 0.3) is 0 Å². The number of methoxy groups -OCH3 is 3. The zero-order chi connectivity index (χ0) is 27.9. The number of alkyl halides is 3. The average molecular weight is 557 g/mol. The van der Waals surface area contributed by atoms with Crippen molar-refractivity contribution in [2.24, 2.45) is 0 Å². The lowest BCUT2D eigenvalue weighted by Crippen LogP contribution is -2.23. The average Bonchev–Trinajstić information content (AvgIpc) is 3.39. The Morgan fingerprint density at radius 2 is 1.74 bits per heavy atom. The third-order valence-electron chi connectivity index (χ3n) is 5.19. The molecule has 1 saturated heterocycles. The van der Waals surface area contributed by atoms with E-state index in [0.717, 1.165) is 12.0 Å². The molecule has 2 aromatic carbocycles. The van der Waals surface area contributed by atoms with Crippen LogP contribution in [0.1, 0.15) is 18.0 Å². The molecule has 1 aliphatic heterocycles. The summed E-state index contributed by atoms with van der Waals surface area (Å²) in [6.07, 6.45) is -2.70. The highest BCUT2D eigenvalue weighted by molar-refractivity contribution is 6.32. The van der Waals surface area contributed by atoms with E-state index in [4.69, 9.17) is 40.6 Å². The number of carboxylic acids is 1. The molecule has 2 heterocycles. The molecule has 0 spiro atoms. The van der Waals surface area contributed by atoms with Crippen LogP contribution in [0, 0.1) is 0 Å². The molecule has 0 saturated carbocycles. The van der Waals surface area contributed by atoms with Crippen LogP contribution in [-0.2, 0) is 9.63 Å². The van der Waals surface area contributed by atoms with Gasteiger partial charge in [0.2, 0.25) is 11.7 Å². The van der Waals surface area contributed by atoms with Gasteiger partial charge < -0.3 is 24.6 Å². The second kappa shape index (κ2) is 12.5. The monoisotopic (exact) mass is 556 g/mol. The predicted octanol–water partition coefficient (Wildman–Crippen LogP) is 5.42. The van der Waals surface area contributed by atoms with Crippen LogP contribution in [0.4, 0.5) is 30.6 Å². The molecule has 204 valence electrons. The minimum atomic E-state index is -5.08. The Balaban J connectivity index is 0.000000505. The van der Waals surface area contributed by atoms with Gasteiger partial charge in [0, 0.05) is 24.2 Å². The number of ether oxygens (including phenoxy) is 3. The number of rotatable bonds is 7. The van der Waals surface area contributed by atoms with Crippen LogP contribution >= 0.6 is 11.6 Å². The largest absolute Gasteiger partial charge is 0.493 e. The molecule has 38 heavy (non-hydrogen) atoms. The minimum Gasteiger partial charge on any atom is -0.493 e. The number of nitrogens with one attached hydrogen (secondary N) is 1. The summed E-state index contributed by atoms with van der Waals surface area (Å²) in [4.78, 5) is 23.7. The fourth-order valence-electron chi connectivity index (χ4n) is 3.51. The van der Waals surface area contributed by atoms with E-state index in [1.54, 1.807) is 44.7 Å².